The summed E-state index contributed by atoms with van der Waals surface area (Å²) >= 11 is -0.369. The average molecular weight is 1360 g/mol. The van der Waals surface area contributed by atoms with Gasteiger partial charge in [0.05, 0.1) is 0 Å². The van der Waals surface area contributed by atoms with E-state index >= 15 is 0 Å². The van der Waals surface area contributed by atoms with E-state index in [4.69, 9.17) is 0 Å². The van der Waals surface area contributed by atoms with Gasteiger partial charge in [0.15, 0.2) is 0 Å². The van der Waals surface area contributed by atoms with Crippen molar-refractivity contribution in [1.82, 2.24) is 0 Å². The number of benzene rings is 8. The summed E-state index contributed by atoms with van der Waals surface area (Å²) in [5, 5.41) is 0. The Bertz CT molecular complexity index is 2260. The van der Waals surface area contributed by atoms with Gasteiger partial charge in [0.1, 0.15) is 0 Å². The maximum atomic E-state index is 12.6. The molecule has 8 aromatic rings. The molecule has 0 N–H and O–H groups in total. The van der Waals surface area contributed by atoms with E-state index in [0.29, 0.717) is 0 Å². The Morgan fingerprint density at radius 3 is 0.676 bits per heavy atom. The molecule has 0 heterocycles. The first kappa shape index (κ1) is 62.6. The summed E-state index contributed by atoms with van der Waals surface area (Å²) in [5.74, 6) is -0.441. The predicted octanol–water partition coefficient (Wildman–Crippen LogP) is 5.29. The zero-order valence-electron chi connectivity index (χ0n) is 37.9. The average Bonchev–Trinajstić information content (AvgIpc) is 3.28. The molecule has 0 amide bonds. The van der Waals surface area contributed by atoms with Crippen molar-refractivity contribution in [2.24, 2.45) is 0 Å². The Kier molecular flexibility index (Phi) is 29.2. The van der Waals surface area contributed by atoms with Crippen molar-refractivity contribution in [1.29, 1.82) is 0 Å². The summed E-state index contributed by atoms with van der Waals surface area (Å²) in [6.45, 7) is 17.9. The van der Waals surface area contributed by atoms with E-state index in [-0.39, 0.29) is 137 Å². The van der Waals surface area contributed by atoms with Crippen LogP contribution in [-0.4, -0.2) is 0 Å². The molecule has 6 heteroatoms. The van der Waals surface area contributed by atoms with Crippen LogP contribution in [0.15, 0.2) is 206 Å². The number of halogens is 6. The molecule has 8 aromatic carbocycles. The summed E-state index contributed by atoms with van der Waals surface area (Å²) in [6, 6.07) is 70.6. The second-order valence-electron chi connectivity index (χ2n) is 16.9. The molecule has 0 fully saturated rings. The van der Waals surface area contributed by atoms with Crippen molar-refractivity contribution in [2.75, 3.05) is 0 Å². The van der Waals surface area contributed by atoms with Gasteiger partial charge in [-0.15, -0.1) is 0 Å². The molecule has 0 saturated carbocycles. The van der Waals surface area contributed by atoms with Gasteiger partial charge in [0.25, 0.3) is 0 Å². The summed E-state index contributed by atoms with van der Waals surface area (Å²) in [5.41, 5.74) is 5.99. The van der Waals surface area contributed by atoms with Gasteiger partial charge in [-0.1, -0.05) is 29.7 Å². The van der Waals surface area contributed by atoms with Gasteiger partial charge in [0, 0.05) is 0 Å². The number of hydrogen-bond donors (Lipinski definition) is 0. The van der Waals surface area contributed by atoms with Crippen LogP contribution in [0.25, 0.3) is 0 Å². The molecule has 0 saturated heterocycles. The molecule has 68 heavy (non-hydrogen) atoms. The molecular weight excluding hydrogens is 1290 g/mol. The van der Waals surface area contributed by atoms with E-state index < -0.39 is 0 Å². The zero-order chi connectivity index (χ0) is 46.0. The van der Waals surface area contributed by atoms with Crippen LogP contribution in [-0.2, 0) is 10.8 Å². The van der Waals surface area contributed by atoms with Gasteiger partial charge in [-0.25, -0.2) is 0 Å². The molecule has 0 aromatic heterocycles. The van der Waals surface area contributed by atoms with Crippen molar-refractivity contribution < 1.29 is 93.6 Å². The van der Waals surface area contributed by atoms with Gasteiger partial charge >= 0.3 is 429 Å². The monoisotopic (exact) mass is 1360 g/mol. The quantitative estimate of drug-likeness (QED) is 0.182. The number of hydrogen-bond acceptors (Lipinski definition) is 0. The number of rotatable bonds is 8. The van der Waals surface area contributed by atoms with Crippen molar-refractivity contribution in [2.45, 2.75) is 95.9 Å². The van der Waals surface area contributed by atoms with Gasteiger partial charge in [-0.05, 0) is 0 Å². The van der Waals surface area contributed by atoms with Crippen LogP contribution in [0.3, 0.4) is 0 Å². The summed E-state index contributed by atoms with van der Waals surface area (Å²) < 4.78 is 36.5. The predicted molar refractivity (Wildman–Crippen MR) is 275 cm³/mol. The molecular formula is C62H74F2I4-4. The minimum absolute atomic E-state index is 0. The first-order valence-corrected chi connectivity index (χ1v) is 29.8. The van der Waals surface area contributed by atoms with E-state index in [0.717, 1.165) is 7.14 Å². The molecule has 0 atom stereocenters. The zero-order valence-corrected chi connectivity index (χ0v) is 46.5. The van der Waals surface area contributed by atoms with E-state index in [1.54, 1.807) is 24.3 Å². The second-order valence-corrected chi connectivity index (χ2v) is 29.1. The van der Waals surface area contributed by atoms with E-state index in [9.17, 15) is 8.78 Å². The van der Waals surface area contributed by atoms with E-state index in [1.807, 2.05) is 0 Å². The van der Waals surface area contributed by atoms with E-state index in [1.165, 1.54) is 67.9 Å². The molecule has 0 radical (unpaired) electrons. The first-order valence-electron chi connectivity index (χ1n) is 21.1. The molecule has 0 aliphatic rings. The Hall–Kier alpha value is -3.46. The fourth-order valence-electron chi connectivity index (χ4n) is 5.66. The Labute approximate surface area is 453 Å². The Morgan fingerprint density at radius 1 is 0.265 bits per heavy atom. The first-order chi connectivity index (χ1) is 30.6. The van der Waals surface area contributed by atoms with Crippen molar-refractivity contribution in [3.05, 3.63) is 269 Å². The van der Waals surface area contributed by atoms with Crippen molar-refractivity contribution in [3.63, 3.8) is 0 Å². The van der Waals surface area contributed by atoms with Gasteiger partial charge in [0.2, 0.25) is 0 Å². The summed E-state index contributed by atoms with van der Waals surface area (Å²) in [4.78, 5) is 0. The molecule has 368 valence electrons. The van der Waals surface area contributed by atoms with Crippen LogP contribution >= 0.6 is 0 Å². The molecule has 0 spiro atoms. The van der Waals surface area contributed by atoms with Crippen LogP contribution in [0, 0.1) is 54.0 Å². The van der Waals surface area contributed by atoms with Gasteiger partial charge in [-0.3, -0.25) is 0 Å². The third-order valence-electron chi connectivity index (χ3n) is 9.39. The number of aryl methyl sites for hydroxylation is 2. The Balaban J connectivity index is 0.000000451. The molecule has 0 aliphatic carbocycles. The fourth-order valence-corrected chi connectivity index (χ4v) is 14.4. The minimum atomic E-state index is -0.330. The fraction of sp³-hybridized carbons (Fsp3) is 0.226. The van der Waals surface area contributed by atoms with Crippen LogP contribution in [0.5, 0.6) is 0 Å². The van der Waals surface area contributed by atoms with Crippen molar-refractivity contribution in [3.8, 4) is 0 Å². The molecule has 0 bridgehead atoms. The third-order valence-corrected chi connectivity index (χ3v) is 20.1. The standard InChI is InChI=1S/C20H26I.C14H14I.C12H8F2I.C12H10I.4CH4/c1-19(2,3)15-7-11-17(12-8-15)21-18-13-9-16(10-14-18)20(4,5)6;1-11-3-7-13(8-4-11)15-14-9-5-12(2)6-10-14;13-9-1-5-11(6-2-9)15-12-7-3-10(14)4-8-12;1-3-7-11(8-4-1)13-12-9-5-2-6-10-12;;;;/h7-14H,1-6H3;3-10H,1-2H3;1-8H;1-10H;4*1H4/q4*-1;;;;. The topological polar surface area (TPSA) is 0 Å². The van der Waals surface area contributed by atoms with Crippen LogP contribution in [0.2, 0.25) is 0 Å². The Morgan fingerprint density at radius 2 is 0.456 bits per heavy atom. The van der Waals surface area contributed by atoms with Crippen LogP contribution < -0.4 is 84.8 Å². The molecule has 8 rings (SSSR count). The summed E-state index contributed by atoms with van der Waals surface area (Å²) in [7, 11) is 0. The summed E-state index contributed by atoms with van der Waals surface area (Å²) in [6.07, 6.45) is 0. The van der Waals surface area contributed by atoms with Crippen LogP contribution in [0.1, 0.15) is 93.5 Å². The maximum absolute atomic E-state index is 12.6. The van der Waals surface area contributed by atoms with Crippen LogP contribution in [0.4, 0.5) is 8.78 Å². The molecule has 0 unspecified atom stereocenters. The molecule has 0 aliphatic heterocycles. The second kappa shape index (κ2) is 31.7. The third kappa shape index (κ3) is 23.4. The van der Waals surface area contributed by atoms with Gasteiger partial charge in [-0.2, -0.15) is 0 Å². The SMILES string of the molecule is C.C.C.C.CC(C)(C)c1ccc([I-]c2ccc(C(C)(C)C)cc2)cc1.Cc1ccc([I-]c2ccc(C)cc2)cc1.Fc1ccc([I-]c2ccc(F)cc2)cc1.c1ccc([I-]c2ccccc2)cc1. The normalized spacial score (nSPS) is 10.5. The molecule has 0 nitrogen and oxygen atoms in total. The van der Waals surface area contributed by atoms with Crippen molar-refractivity contribution >= 4 is 0 Å². The van der Waals surface area contributed by atoms with Gasteiger partial charge < -0.3 is 0 Å². The van der Waals surface area contributed by atoms with E-state index in [2.05, 4.69) is 213 Å².